The number of rotatable bonds is 11. The van der Waals surface area contributed by atoms with Gasteiger partial charge in [0.1, 0.15) is 13.2 Å². The second kappa shape index (κ2) is 13.7. The van der Waals surface area contributed by atoms with E-state index in [0.29, 0.717) is 45.8 Å². The van der Waals surface area contributed by atoms with Gasteiger partial charge in [0.2, 0.25) is 0 Å². The fourth-order valence-electron chi connectivity index (χ4n) is 3.60. The monoisotopic (exact) mass is 608 g/mol. The number of amides is 1. The number of nitrogens with zero attached hydrogens (tertiary/aromatic N) is 1. The molecule has 0 saturated heterocycles. The summed E-state index contributed by atoms with van der Waals surface area (Å²) in [5, 5.41) is 4.36. The molecule has 0 unspecified atom stereocenters. The minimum Gasteiger partial charge on any atom is -0.493 e. The van der Waals surface area contributed by atoms with E-state index < -0.39 is 0 Å². The molecule has 0 aliphatic carbocycles. The van der Waals surface area contributed by atoms with Crippen LogP contribution in [0.3, 0.4) is 0 Å². The van der Waals surface area contributed by atoms with E-state index in [0.717, 1.165) is 15.6 Å². The van der Waals surface area contributed by atoms with Gasteiger partial charge in [0, 0.05) is 10.0 Å². The molecule has 0 radical (unpaired) electrons. The Hall–Kier alpha value is -4.01. The fourth-order valence-corrected chi connectivity index (χ4v) is 4.14. The van der Waals surface area contributed by atoms with E-state index in [2.05, 4.69) is 26.5 Å². The van der Waals surface area contributed by atoms with Crippen molar-refractivity contribution in [1.29, 1.82) is 0 Å². The Morgan fingerprint density at radius 1 is 0.846 bits per heavy atom. The topological polar surface area (TPSA) is 78.4 Å². The van der Waals surface area contributed by atoms with Crippen LogP contribution in [-0.4, -0.2) is 26.3 Å². The molecular weight excluding hydrogens is 584 g/mol. The molecule has 0 saturated carbocycles. The van der Waals surface area contributed by atoms with Gasteiger partial charge in [-0.15, -0.1) is 0 Å². The predicted octanol–water partition coefficient (Wildman–Crippen LogP) is 7.04. The molecule has 1 N–H and O–H groups in total. The molecule has 0 aliphatic heterocycles. The summed E-state index contributed by atoms with van der Waals surface area (Å²) in [5.41, 5.74) is 5.54. The van der Waals surface area contributed by atoms with Crippen molar-refractivity contribution in [1.82, 2.24) is 5.43 Å². The van der Waals surface area contributed by atoms with Crippen LogP contribution in [0.1, 0.15) is 27.0 Å². The van der Waals surface area contributed by atoms with Crippen molar-refractivity contribution < 1.29 is 23.7 Å². The molecule has 0 bridgehead atoms. The van der Waals surface area contributed by atoms with Crippen molar-refractivity contribution in [2.45, 2.75) is 13.2 Å². The third-order valence-corrected chi connectivity index (χ3v) is 6.40. The molecule has 0 spiro atoms. The van der Waals surface area contributed by atoms with Crippen molar-refractivity contribution in [2.24, 2.45) is 5.10 Å². The van der Waals surface area contributed by atoms with Gasteiger partial charge in [-0.1, -0.05) is 63.9 Å². The third-order valence-electron chi connectivity index (χ3n) is 5.59. The Kier molecular flexibility index (Phi) is 9.83. The highest BCUT2D eigenvalue weighted by Crippen LogP contribution is 2.37. The summed E-state index contributed by atoms with van der Waals surface area (Å²) in [6.45, 7) is 0.658. The predicted molar refractivity (Wildman–Crippen MR) is 155 cm³/mol. The second-order valence-corrected chi connectivity index (χ2v) is 9.61. The van der Waals surface area contributed by atoms with Crippen LogP contribution in [-0.2, 0) is 13.2 Å². The molecule has 39 heavy (non-hydrogen) atoms. The van der Waals surface area contributed by atoms with E-state index >= 15 is 0 Å². The summed E-state index contributed by atoms with van der Waals surface area (Å²) in [4.78, 5) is 12.3. The van der Waals surface area contributed by atoms with Crippen molar-refractivity contribution in [3.05, 3.63) is 117 Å². The zero-order valence-corrected chi connectivity index (χ0v) is 23.7. The standard InChI is InChI=1S/C30H26BrClN2O5/c1-36-27-15-21(8-13-26(27)38-18-20-6-4-3-5-7-20)19-39-29-25(32)14-22(16-28(29)37-2)17-33-34-30(35)23-9-11-24(31)12-10-23/h3-17H,18-19H2,1-2H3,(H,34,35)/b33-17+. The lowest BCUT2D eigenvalue weighted by molar-refractivity contribution is 0.0955. The minimum absolute atomic E-state index is 0.224. The fraction of sp³-hybridized carbons (Fsp3) is 0.133. The van der Waals surface area contributed by atoms with Crippen LogP contribution < -0.4 is 24.4 Å². The third kappa shape index (κ3) is 7.75. The summed E-state index contributed by atoms with van der Waals surface area (Å²) in [6, 6.07) is 25.9. The van der Waals surface area contributed by atoms with Crippen LogP contribution in [0.25, 0.3) is 0 Å². The molecule has 0 aromatic heterocycles. The lowest BCUT2D eigenvalue weighted by Crippen LogP contribution is -2.17. The summed E-state index contributed by atoms with van der Waals surface area (Å²) >= 11 is 9.86. The van der Waals surface area contributed by atoms with Gasteiger partial charge in [-0.3, -0.25) is 4.79 Å². The van der Waals surface area contributed by atoms with E-state index in [1.807, 2.05) is 48.5 Å². The van der Waals surface area contributed by atoms with Crippen LogP contribution in [0.2, 0.25) is 5.02 Å². The molecule has 4 aromatic carbocycles. The van der Waals surface area contributed by atoms with Crippen molar-refractivity contribution >= 4 is 39.7 Å². The van der Waals surface area contributed by atoms with Crippen molar-refractivity contribution in [3.63, 3.8) is 0 Å². The Morgan fingerprint density at radius 3 is 2.28 bits per heavy atom. The molecule has 0 aliphatic rings. The molecule has 4 aromatic rings. The number of hydrogen-bond donors (Lipinski definition) is 1. The average molecular weight is 610 g/mol. The minimum atomic E-state index is -0.330. The molecule has 0 fully saturated rings. The normalized spacial score (nSPS) is 10.8. The first-order chi connectivity index (χ1) is 19.0. The van der Waals surface area contributed by atoms with Gasteiger partial charge >= 0.3 is 0 Å². The Balaban J connectivity index is 1.39. The second-order valence-electron chi connectivity index (χ2n) is 8.29. The van der Waals surface area contributed by atoms with Gasteiger partial charge in [0.05, 0.1) is 25.5 Å². The lowest BCUT2D eigenvalue weighted by Gasteiger charge is -2.15. The number of halogens is 2. The Bertz CT molecular complexity index is 1450. The summed E-state index contributed by atoms with van der Waals surface area (Å²) < 4.78 is 23.8. The van der Waals surface area contributed by atoms with Crippen LogP contribution >= 0.6 is 27.5 Å². The Labute approximate surface area is 240 Å². The number of carbonyl (C=O) groups excluding carboxylic acids is 1. The highest BCUT2D eigenvalue weighted by Gasteiger charge is 2.13. The zero-order valence-electron chi connectivity index (χ0n) is 21.3. The van der Waals surface area contributed by atoms with E-state index in [-0.39, 0.29) is 12.5 Å². The van der Waals surface area contributed by atoms with E-state index in [1.54, 1.807) is 43.5 Å². The number of nitrogens with one attached hydrogen (secondary N) is 1. The van der Waals surface area contributed by atoms with Crippen LogP contribution in [0.15, 0.2) is 94.5 Å². The van der Waals surface area contributed by atoms with Crippen molar-refractivity contribution in [3.8, 4) is 23.0 Å². The van der Waals surface area contributed by atoms with E-state index in [4.69, 9.17) is 30.5 Å². The number of benzene rings is 4. The maximum Gasteiger partial charge on any atom is 0.271 e. The maximum absolute atomic E-state index is 12.3. The quantitative estimate of drug-likeness (QED) is 0.146. The number of hydrogen-bond acceptors (Lipinski definition) is 6. The Morgan fingerprint density at radius 2 is 1.56 bits per heavy atom. The summed E-state index contributed by atoms with van der Waals surface area (Å²) in [7, 11) is 3.12. The maximum atomic E-state index is 12.3. The van der Waals surface area contributed by atoms with Gasteiger partial charge in [-0.2, -0.15) is 5.10 Å². The number of carbonyl (C=O) groups is 1. The molecule has 9 heteroatoms. The number of ether oxygens (including phenoxy) is 4. The number of hydrazone groups is 1. The summed E-state index contributed by atoms with van der Waals surface area (Å²) in [5.74, 6) is 1.72. The van der Waals surface area contributed by atoms with E-state index in [9.17, 15) is 4.79 Å². The molecular formula is C30H26BrClN2O5. The average Bonchev–Trinajstić information content (AvgIpc) is 2.96. The largest absolute Gasteiger partial charge is 0.493 e. The first-order valence-corrected chi connectivity index (χ1v) is 13.1. The molecule has 7 nitrogen and oxygen atoms in total. The van der Waals surface area contributed by atoms with E-state index in [1.165, 1.54) is 13.3 Å². The highest BCUT2D eigenvalue weighted by atomic mass is 79.9. The van der Waals surface area contributed by atoms with Gasteiger partial charge in [0.15, 0.2) is 23.0 Å². The molecule has 200 valence electrons. The molecule has 4 rings (SSSR count). The highest BCUT2D eigenvalue weighted by molar-refractivity contribution is 9.10. The number of methoxy groups -OCH3 is 2. The summed E-state index contributed by atoms with van der Waals surface area (Å²) in [6.07, 6.45) is 1.48. The van der Waals surface area contributed by atoms with Gasteiger partial charge < -0.3 is 18.9 Å². The first kappa shape index (κ1) is 28.0. The van der Waals surface area contributed by atoms with Gasteiger partial charge in [0.25, 0.3) is 5.91 Å². The van der Waals surface area contributed by atoms with Crippen LogP contribution in [0.4, 0.5) is 0 Å². The van der Waals surface area contributed by atoms with Gasteiger partial charge in [-0.05, 0) is 65.2 Å². The van der Waals surface area contributed by atoms with Crippen LogP contribution in [0, 0.1) is 0 Å². The lowest BCUT2D eigenvalue weighted by atomic mass is 10.2. The van der Waals surface area contributed by atoms with Gasteiger partial charge in [-0.25, -0.2) is 5.43 Å². The molecule has 0 heterocycles. The molecule has 0 atom stereocenters. The van der Waals surface area contributed by atoms with Crippen molar-refractivity contribution in [2.75, 3.05) is 14.2 Å². The van der Waals surface area contributed by atoms with Crippen LogP contribution in [0.5, 0.6) is 23.0 Å². The SMILES string of the molecule is COc1cc(COc2c(Cl)cc(/C=N/NC(=O)c3ccc(Br)cc3)cc2OC)ccc1OCc1ccccc1. The zero-order chi connectivity index (χ0) is 27.6. The molecule has 1 amide bonds. The first-order valence-electron chi connectivity index (χ1n) is 11.9. The smallest absolute Gasteiger partial charge is 0.271 e.